The quantitative estimate of drug-likeness (QED) is 0.505. The molecule has 6 nitrogen and oxygen atoms in total. The number of hydrogen-bond donors (Lipinski definition) is 1. The Kier molecular flexibility index (Phi) is 4.47. The molecule has 1 aromatic rings. The van der Waals surface area contributed by atoms with E-state index in [9.17, 15) is 13.2 Å². The van der Waals surface area contributed by atoms with Gasteiger partial charge in [0.1, 0.15) is 5.75 Å². The first-order valence-corrected chi connectivity index (χ1v) is 6.29. The summed E-state index contributed by atoms with van der Waals surface area (Å²) in [7, 11) is -4.23. The summed E-state index contributed by atoms with van der Waals surface area (Å²) in [5, 5.41) is 0. The van der Waals surface area contributed by atoms with E-state index in [-0.39, 0.29) is 17.3 Å². The predicted octanol–water partition coefficient (Wildman–Crippen LogP) is 1.86. The molecule has 0 saturated carbocycles. The third-order valence-electron chi connectivity index (χ3n) is 1.75. The van der Waals surface area contributed by atoms with Crippen molar-refractivity contribution in [1.82, 2.24) is 0 Å². The molecule has 0 saturated heterocycles. The van der Waals surface area contributed by atoms with Crippen LogP contribution < -0.4 is 4.74 Å². The first-order valence-electron chi connectivity index (χ1n) is 4.85. The third kappa shape index (κ3) is 4.41. The Morgan fingerprint density at radius 2 is 1.88 bits per heavy atom. The summed E-state index contributed by atoms with van der Waals surface area (Å²) in [5.74, 6) is 0.138. The van der Waals surface area contributed by atoms with Crippen molar-refractivity contribution in [1.29, 1.82) is 0 Å². The molecule has 0 bridgehead atoms. The molecule has 1 rings (SSSR count). The molecule has 94 valence electrons. The summed E-state index contributed by atoms with van der Waals surface area (Å²) in [5.41, 5.74) is 0. The molecule has 7 heteroatoms. The molecule has 0 aromatic heterocycles. The first kappa shape index (κ1) is 13.5. The maximum atomic E-state index is 11.0. The molecule has 17 heavy (non-hydrogen) atoms. The molecule has 0 atom stereocenters. The third-order valence-corrected chi connectivity index (χ3v) is 2.61. The van der Waals surface area contributed by atoms with E-state index >= 15 is 0 Å². The molecule has 0 fully saturated rings. The number of ether oxygens (including phenoxy) is 2. The maximum absolute atomic E-state index is 11.0. The van der Waals surface area contributed by atoms with Crippen LogP contribution >= 0.6 is 0 Å². The fourth-order valence-electron chi connectivity index (χ4n) is 0.991. The highest BCUT2D eigenvalue weighted by molar-refractivity contribution is 7.85. The average molecular weight is 260 g/mol. The van der Waals surface area contributed by atoms with E-state index in [1.54, 1.807) is 0 Å². The zero-order chi connectivity index (χ0) is 12.9. The molecule has 0 aliphatic heterocycles. The highest BCUT2D eigenvalue weighted by Crippen LogP contribution is 2.16. The van der Waals surface area contributed by atoms with Crippen LogP contribution in [0.5, 0.6) is 5.75 Å². The Morgan fingerprint density at radius 1 is 1.29 bits per heavy atom. The zero-order valence-corrected chi connectivity index (χ0v) is 9.94. The first-order chi connectivity index (χ1) is 7.93. The van der Waals surface area contributed by atoms with Gasteiger partial charge >= 0.3 is 6.16 Å². The van der Waals surface area contributed by atoms with Crippen LogP contribution in [0, 0.1) is 0 Å². The van der Waals surface area contributed by atoms with Gasteiger partial charge in [0, 0.05) is 0 Å². The summed E-state index contributed by atoms with van der Waals surface area (Å²) >= 11 is 0. The van der Waals surface area contributed by atoms with Crippen LogP contribution in [0.2, 0.25) is 0 Å². The monoisotopic (exact) mass is 260 g/mol. The lowest BCUT2D eigenvalue weighted by Crippen LogP contribution is -2.11. The molecule has 1 aromatic carbocycles. The lowest BCUT2D eigenvalue weighted by Gasteiger charge is -2.04. The van der Waals surface area contributed by atoms with Gasteiger partial charge in [0.05, 0.1) is 11.5 Å². The minimum Gasteiger partial charge on any atom is -0.434 e. The van der Waals surface area contributed by atoms with E-state index in [1.807, 2.05) is 6.92 Å². The second-order valence-corrected chi connectivity index (χ2v) is 4.57. The van der Waals surface area contributed by atoms with Crippen LogP contribution in [0.1, 0.15) is 13.3 Å². The van der Waals surface area contributed by atoms with E-state index in [1.165, 1.54) is 12.1 Å². The molecule has 0 amide bonds. The zero-order valence-electron chi connectivity index (χ0n) is 9.12. The van der Waals surface area contributed by atoms with E-state index in [0.29, 0.717) is 6.42 Å². The second kappa shape index (κ2) is 5.65. The van der Waals surface area contributed by atoms with Gasteiger partial charge in [-0.2, -0.15) is 8.42 Å². The SMILES string of the molecule is CCCOC(=O)Oc1ccc(S(=O)(=O)O)cc1. The van der Waals surface area contributed by atoms with Crippen molar-refractivity contribution in [3.63, 3.8) is 0 Å². The van der Waals surface area contributed by atoms with Crippen molar-refractivity contribution >= 4 is 16.3 Å². The normalized spacial score (nSPS) is 10.9. The van der Waals surface area contributed by atoms with Crippen LogP contribution in [0.15, 0.2) is 29.2 Å². The van der Waals surface area contributed by atoms with E-state index in [0.717, 1.165) is 12.1 Å². The summed E-state index contributed by atoms with van der Waals surface area (Å²) in [6.07, 6.45) is -0.178. The number of benzene rings is 1. The van der Waals surface area contributed by atoms with Gasteiger partial charge in [-0.15, -0.1) is 0 Å². The lowest BCUT2D eigenvalue weighted by molar-refractivity contribution is 0.0991. The summed E-state index contributed by atoms with van der Waals surface area (Å²) in [6, 6.07) is 4.74. The average Bonchev–Trinajstić information content (AvgIpc) is 2.26. The van der Waals surface area contributed by atoms with Gasteiger partial charge < -0.3 is 9.47 Å². The summed E-state index contributed by atoms with van der Waals surface area (Å²) in [6.45, 7) is 2.09. The largest absolute Gasteiger partial charge is 0.513 e. The highest BCUT2D eigenvalue weighted by atomic mass is 32.2. The smallest absolute Gasteiger partial charge is 0.434 e. The van der Waals surface area contributed by atoms with E-state index in [4.69, 9.17) is 9.29 Å². The molecular weight excluding hydrogens is 248 g/mol. The molecule has 0 unspecified atom stereocenters. The number of hydrogen-bond acceptors (Lipinski definition) is 5. The lowest BCUT2D eigenvalue weighted by atomic mass is 10.3. The van der Waals surface area contributed by atoms with E-state index < -0.39 is 16.3 Å². The number of carbonyl (C=O) groups is 1. The van der Waals surface area contributed by atoms with Crippen molar-refractivity contribution in [2.75, 3.05) is 6.61 Å². The van der Waals surface area contributed by atoms with Crippen LogP contribution in [0.25, 0.3) is 0 Å². The van der Waals surface area contributed by atoms with Crippen LogP contribution in [-0.2, 0) is 14.9 Å². The number of carbonyl (C=O) groups excluding carboxylic acids is 1. The Labute approximate surface area is 98.9 Å². The molecule has 1 N–H and O–H groups in total. The Morgan fingerprint density at radius 3 is 2.35 bits per heavy atom. The fraction of sp³-hybridized carbons (Fsp3) is 0.300. The Hall–Kier alpha value is -1.60. The molecule has 0 aliphatic carbocycles. The van der Waals surface area contributed by atoms with E-state index in [2.05, 4.69) is 4.74 Å². The minimum atomic E-state index is -4.23. The molecule has 0 heterocycles. The van der Waals surface area contributed by atoms with Crippen molar-refractivity contribution in [2.45, 2.75) is 18.2 Å². The van der Waals surface area contributed by atoms with Crippen molar-refractivity contribution in [2.24, 2.45) is 0 Å². The van der Waals surface area contributed by atoms with Gasteiger partial charge in [-0.3, -0.25) is 4.55 Å². The Balaban J connectivity index is 2.66. The number of rotatable bonds is 4. The topological polar surface area (TPSA) is 89.9 Å². The molecular formula is C10H12O6S. The van der Waals surface area contributed by atoms with Gasteiger partial charge in [-0.1, -0.05) is 6.92 Å². The molecule has 0 aliphatic rings. The van der Waals surface area contributed by atoms with Gasteiger partial charge in [0.25, 0.3) is 10.1 Å². The summed E-state index contributed by atoms with van der Waals surface area (Å²) < 4.78 is 39.6. The maximum Gasteiger partial charge on any atom is 0.513 e. The molecule has 0 spiro atoms. The van der Waals surface area contributed by atoms with Gasteiger partial charge in [-0.25, -0.2) is 4.79 Å². The van der Waals surface area contributed by atoms with Crippen molar-refractivity contribution in [3.05, 3.63) is 24.3 Å². The predicted molar refractivity (Wildman–Crippen MR) is 58.5 cm³/mol. The molecule has 0 radical (unpaired) electrons. The van der Waals surface area contributed by atoms with Gasteiger partial charge in [0.15, 0.2) is 0 Å². The van der Waals surface area contributed by atoms with Crippen LogP contribution in [0.4, 0.5) is 4.79 Å². The summed E-state index contributed by atoms with van der Waals surface area (Å²) in [4.78, 5) is 10.8. The van der Waals surface area contributed by atoms with Crippen molar-refractivity contribution < 1.29 is 27.2 Å². The van der Waals surface area contributed by atoms with Gasteiger partial charge in [0.2, 0.25) is 0 Å². The second-order valence-electron chi connectivity index (χ2n) is 3.15. The van der Waals surface area contributed by atoms with Crippen molar-refractivity contribution in [3.8, 4) is 5.75 Å². The van der Waals surface area contributed by atoms with Gasteiger partial charge in [-0.05, 0) is 30.7 Å². The highest BCUT2D eigenvalue weighted by Gasteiger charge is 2.10. The minimum absolute atomic E-state index is 0.138. The fourth-order valence-corrected chi connectivity index (χ4v) is 1.47. The van der Waals surface area contributed by atoms with Crippen LogP contribution in [0.3, 0.4) is 0 Å². The van der Waals surface area contributed by atoms with Crippen LogP contribution in [-0.4, -0.2) is 25.7 Å². The standard InChI is InChI=1S/C10H12O6S/c1-2-7-15-10(11)16-8-3-5-9(6-4-8)17(12,13)14/h3-6H,2,7H2,1H3,(H,12,13,14). The Bertz CT molecular complexity index is 476.